The first-order chi connectivity index (χ1) is 12.6. The second kappa shape index (κ2) is 8.12. The minimum atomic E-state index is -0.758. The van der Waals surface area contributed by atoms with Crippen LogP contribution in [-0.2, 0) is 6.54 Å². The molecule has 132 valence electrons. The fraction of sp³-hybridized carbons (Fsp3) is 0.0588. The van der Waals surface area contributed by atoms with Gasteiger partial charge in [-0.1, -0.05) is 0 Å². The molecule has 0 spiro atoms. The molecule has 0 bridgehead atoms. The van der Waals surface area contributed by atoms with Gasteiger partial charge in [-0.2, -0.15) is 5.26 Å². The molecule has 0 saturated heterocycles. The average molecular weight is 392 g/mol. The molecule has 0 aliphatic heterocycles. The predicted molar refractivity (Wildman–Crippen MR) is 96.4 cm³/mol. The van der Waals surface area contributed by atoms with E-state index in [1.54, 1.807) is 10.9 Å². The maximum atomic E-state index is 14.2. The van der Waals surface area contributed by atoms with Gasteiger partial charge in [0, 0.05) is 23.2 Å². The Labute approximate surface area is 155 Å². The lowest BCUT2D eigenvalue weighted by molar-refractivity contribution is 0.541. The van der Waals surface area contributed by atoms with Crippen LogP contribution in [0.2, 0.25) is 0 Å². The van der Waals surface area contributed by atoms with Crippen molar-refractivity contribution in [3.63, 3.8) is 0 Å². The van der Waals surface area contributed by atoms with Crippen LogP contribution < -0.4 is 10.0 Å². The van der Waals surface area contributed by atoms with Gasteiger partial charge in [0.05, 0.1) is 17.1 Å². The molecule has 0 aliphatic carbocycles. The highest BCUT2D eigenvalue weighted by Crippen LogP contribution is 2.29. The van der Waals surface area contributed by atoms with Crippen LogP contribution in [0.5, 0.6) is 0 Å². The molecule has 0 radical (unpaired) electrons. The third-order valence-electron chi connectivity index (χ3n) is 3.35. The maximum Gasteiger partial charge on any atom is 0.147 e. The molecular weight excluding hydrogens is 381 g/mol. The van der Waals surface area contributed by atoms with Crippen LogP contribution in [0.4, 0.5) is 24.7 Å². The topological polar surface area (TPSA) is 60.7 Å². The molecule has 4 nitrogen and oxygen atoms in total. The van der Waals surface area contributed by atoms with E-state index in [0.29, 0.717) is 11.4 Å². The second-order valence-corrected chi connectivity index (χ2v) is 6.65. The molecule has 2 N–H and O–H groups in total. The molecule has 1 aromatic heterocycles. The molecule has 0 amide bonds. The molecular formula is C17H11F3N4S2. The van der Waals surface area contributed by atoms with E-state index in [9.17, 15) is 13.2 Å². The van der Waals surface area contributed by atoms with Crippen molar-refractivity contribution in [1.82, 2.24) is 4.98 Å². The molecule has 26 heavy (non-hydrogen) atoms. The van der Waals surface area contributed by atoms with E-state index in [0.717, 1.165) is 24.1 Å². The van der Waals surface area contributed by atoms with E-state index >= 15 is 0 Å². The number of benzene rings is 2. The van der Waals surface area contributed by atoms with Crippen molar-refractivity contribution in [3.8, 4) is 6.07 Å². The van der Waals surface area contributed by atoms with Crippen LogP contribution in [0.3, 0.4) is 0 Å². The summed E-state index contributed by atoms with van der Waals surface area (Å²) in [4.78, 5) is 3.77. The van der Waals surface area contributed by atoms with Gasteiger partial charge in [-0.05, 0) is 42.3 Å². The molecule has 0 fully saturated rings. The van der Waals surface area contributed by atoms with Crippen molar-refractivity contribution in [3.05, 3.63) is 69.8 Å². The highest BCUT2D eigenvalue weighted by atomic mass is 32.2. The summed E-state index contributed by atoms with van der Waals surface area (Å²) in [7, 11) is 0. The number of hydrogen-bond acceptors (Lipinski definition) is 6. The molecule has 3 aromatic rings. The van der Waals surface area contributed by atoms with Gasteiger partial charge in [-0.15, -0.1) is 11.3 Å². The largest absolute Gasteiger partial charge is 0.381 e. The summed E-state index contributed by atoms with van der Waals surface area (Å²) in [6, 6.07) is 8.09. The molecule has 0 aliphatic rings. The molecule has 3 rings (SSSR count). The predicted octanol–water partition coefficient (Wildman–Crippen LogP) is 5.16. The van der Waals surface area contributed by atoms with Crippen LogP contribution in [0, 0.1) is 28.8 Å². The second-order valence-electron chi connectivity index (χ2n) is 5.12. The van der Waals surface area contributed by atoms with Crippen LogP contribution in [0.25, 0.3) is 0 Å². The van der Waals surface area contributed by atoms with E-state index < -0.39 is 17.5 Å². The first-order valence-corrected chi connectivity index (χ1v) is 9.05. The van der Waals surface area contributed by atoms with Gasteiger partial charge in [0.1, 0.15) is 28.2 Å². The molecule has 2 aromatic carbocycles. The number of nitriles is 1. The molecule has 0 atom stereocenters. The number of aromatic nitrogens is 1. The summed E-state index contributed by atoms with van der Waals surface area (Å²) in [6.45, 7) is -0.0101. The summed E-state index contributed by atoms with van der Waals surface area (Å²) >= 11 is 2.14. The summed E-state index contributed by atoms with van der Waals surface area (Å²) in [5.74, 6) is -1.51. The van der Waals surface area contributed by atoms with Crippen molar-refractivity contribution >= 4 is 34.8 Å². The first-order valence-electron chi connectivity index (χ1n) is 7.29. The number of thiazole rings is 1. The lowest BCUT2D eigenvalue weighted by Gasteiger charge is -2.11. The lowest BCUT2D eigenvalue weighted by atomic mass is 10.1. The zero-order chi connectivity index (χ0) is 18.5. The van der Waals surface area contributed by atoms with Crippen LogP contribution in [-0.4, -0.2) is 4.98 Å². The van der Waals surface area contributed by atoms with Crippen molar-refractivity contribution in [1.29, 1.82) is 5.26 Å². The number of anilines is 2. The van der Waals surface area contributed by atoms with Gasteiger partial charge in [-0.25, -0.2) is 18.2 Å². The minimum absolute atomic E-state index is 0.0101. The quantitative estimate of drug-likeness (QED) is 0.567. The van der Waals surface area contributed by atoms with Gasteiger partial charge in [0.15, 0.2) is 0 Å². The fourth-order valence-electron chi connectivity index (χ4n) is 2.10. The maximum absolute atomic E-state index is 14.2. The van der Waals surface area contributed by atoms with Crippen LogP contribution in [0.1, 0.15) is 11.1 Å². The number of halogens is 3. The van der Waals surface area contributed by atoms with Crippen molar-refractivity contribution < 1.29 is 13.2 Å². The Morgan fingerprint density at radius 2 is 1.88 bits per heavy atom. The lowest BCUT2D eigenvalue weighted by Crippen LogP contribution is -2.04. The zero-order valence-electron chi connectivity index (χ0n) is 13.1. The van der Waals surface area contributed by atoms with Crippen LogP contribution in [0.15, 0.2) is 46.1 Å². The van der Waals surface area contributed by atoms with Crippen molar-refractivity contribution in [2.45, 2.75) is 11.4 Å². The van der Waals surface area contributed by atoms with E-state index in [1.807, 2.05) is 6.07 Å². The first kappa shape index (κ1) is 18.1. The SMILES string of the molecule is N#Cc1ccc(F)c(CNc2cc(F)c(SNc3cscn3)c(F)c2)c1. The summed E-state index contributed by atoms with van der Waals surface area (Å²) in [6.07, 6.45) is 0. The Bertz CT molecular complexity index is 932. The third-order valence-corrected chi connectivity index (χ3v) is 4.84. The summed E-state index contributed by atoms with van der Waals surface area (Å²) in [5, 5.41) is 13.3. The Morgan fingerprint density at radius 1 is 1.12 bits per heavy atom. The van der Waals surface area contributed by atoms with Crippen molar-refractivity contribution in [2.24, 2.45) is 0 Å². The number of hydrogen-bond donors (Lipinski definition) is 2. The van der Waals surface area contributed by atoms with E-state index in [2.05, 4.69) is 15.0 Å². The normalized spacial score (nSPS) is 10.4. The molecule has 0 saturated carbocycles. The standard InChI is InChI=1S/C17H11F3N4S2/c18-13-2-1-10(6-21)3-11(13)7-22-12-4-14(19)17(15(20)5-12)26-24-16-8-25-9-23-16/h1-5,8-9,22,24H,7H2. The molecule has 1 heterocycles. The smallest absolute Gasteiger partial charge is 0.147 e. The van der Waals surface area contributed by atoms with E-state index in [4.69, 9.17) is 5.26 Å². The number of nitrogens with zero attached hydrogens (tertiary/aromatic N) is 2. The fourth-order valence-corrected chi connectivity index (χ4v) is 3.29. The Morgan fingerprint density at radius 3 is 2.54 bits per heavy atom. The van der Waals surface area contributed by atoms with Crippen molar-refractivity contribution in [2.75, 3.05) is 10.0 Å². The van der Waals surface area contributed by atoms with Gasteiger partial charge >= 0.3 is 0 Å². The van der Waals surface area contributed by atoms with Gasteiger partial charge in [-0.3, -0.25) is 0 Å². The summed E-state index contributed by atoms with van der Waals surface area (Å²) < 4.78 is 44.9. The highest BCUT2D eigenvalue weighted by molar-refractivity contribution is 8.00. The highest BCUT2D eigenvalue weighted by Gasteiger charge is 2.13. The Hall–Kier alpha value is -2.70. The summed E-state index contributed by atoms with van der Waals surface area (Å²) in [5.41, 5.74) is 2.30. The van der Waals surface area contributed by atoms with E-state index in [-0.39, 0.29) is 22.7 Å². The molecule has 9 heteroatoms. The van der Waals surface area contributed by atoms with Gasteiger partial charge < -0.3 is 10.0 Å². The Kier molecular flexibility index (Phi) is 5.65. The molecule has 0 unspecified atom stereocenters. The zero-order valence-corrected chi connectivity index (χ0v) is 14.7. The van der Waals surface area contributed by atoms with Gasteiger partial charge in [0.25, 0.3) is 0 Å². The van der Waals surface area contributed by atoms with E-state index in [1.165, 1.54) is 29.5 Å². The van der Waals surface area contributed by atoms with Gasteiger partial charge in [0.2, 0.25) is 0 Å². The number of rotatable bonds is 6. The Balaban J connectivity index is 1.70. The third kappa shape index (κ3) is 4.28. The average Bonchev–Trinajstić information content (AvgIpc) is 3.14. The monoisotopic (exact) mass is 392 g/mol. The minimum Gasteiger partial charge on any atom is -0.381 e. The van der Waals surface area contributed by atoms with Crippen LogP contribution >= 0.6 is 23.3 Å². The number of nitrogens with one attached hydrogen (secondary N) is 2.